The number of rotatable bonds is 11. The summed E-state index contributed by atoms with van der Waals surface area (Å²) in [6.45, 7) is 7.62. The van der Waals surface area contributed by atoms with E-state index < -0.39 is 23.7 Å². The first kappa shape index (κ1) is 33.5. The summed E-state index contributed by atoms with van der Waals surface area (Å²) in [5, 5.41) is 6.51. The number of esters is 1. The second-order valence-electron chi connectivity index (χ2n) is 11.1. The summed E-state index contributed by atoms with van der Waals surface area (Å²) >= 11 is 4.27. The number of hydrogen-bond donors (Lipinski definition) is 1. The summed E-state index contributed by atoms with van der Waals surface area (Å²) in [7, 11) is 0. The number of fused-ring (bicyclic) bond motifs is 4. The van der Waals surface area contributed by atoms with Crippen molar-refractivity contribution in [2.24, 2.45) is 10.9 Å². The van der Waals surface area contributed by atoms with Gasteiger partial charge < -0.3 is 10.1 Å². The Morgan fingerprint density at radius 3 is 2.76 bits per heavy atom. The van der Waals surface area contributed by atoms with Gasteiger partial charge in [0.15, 0.2) is 5.12 Å². The number of nitrogens with zero attached hydrogens (tertiary/aromatic N) is 2. The molecule has 0 radical (unpaired) electrons. The number of allylic oxidation sites excluding steroid dienone is 1. The zero-order valence-electron chi connectivity index (χ0n) is 24.6. The first-order valence-electron chi connectivity index (χ1n) is 14.6. The van der Waals surface area contributed by atoms with Crippen LogP contribution in [0.15, 0.2) is 22.5 Å². The Morgan fingerprint density at radius 2 is 2.00 bits per heavy atom. The molecule has 0 fully saturated rings. The molecule has 0 saturated carbocycles. The minimum Gasteiger partial charge on any atom is -0.456 e. The van der Waals surface area contributed by atoms with Gasteiger partial charge in [0.25, 0.3) is 0 Å². The average molecular weight is 622 g/mol. The van der Waals surface area contributed by atoms with E-state index in [4.69, 9.17) is 4.74 Å². The van der Waals surface area contributed by atoms with Gasteiger partial charge in [-0.3, -0.25) is 19.4 Å². The van der Waals surface area contributed by atoms with E-state index in [0.717, 1.165) is 23.5 Å². The number of carbonyl (C=O) groups is 4. The summed E-state index contributed by atoms with van der Waals surface area (Å²) in [4.78, 5) is 61.0. The fourth-order valence-electron chi connectivity index (χ4n) is 4.44. The number of nitrogens with one attached hydrogen (secondary N) is 1. The van der Waals surface area contributed by atoms with Crippen LogP contribution in [0.4, 0.5) is 0 Å². The zero-order valence-corrected chi connectivity index (χ0v) is 27.1. The highest BCUT2D eigenvalue weighted by molar-refractivity contribution is 8.14. The van der Waals surface area contributed by atoms with Crippen LogP contribution in [0.3, 0.4) is 0 Å². The van der Waals surface area contributed by atoms with Crippen LogP contribution < -0.4 is 5.32 Å². The number of carbonyl (C=O) groups excluding carboxylic acids is 4. The number of unbranched alkanes of at least 4 members (excludes halogenated alkanes) is 4. The SMILES string of the molecule is CCCCCCCC(=O)SCC/C=C/[C@H]1CC(=O)CCc2nc(cs2)C2=N[C@](C)(CS2)C(=O)NC(C(C)C)C(=O)O1. The number of aliphatic imine (C=N–C) groups is 1. The summed E-state index contributed by atoms with van der Waals surface area (Å²) in [5.41, 5.74) is -0.298. The van der Waals surface area contributed by atoms with E-state index in [9.17, 15) is 19.2 Å². The van der Waals surface area contributed by atoms with E-state index >= 15 is 0 Å². The van der Waals surface area contributed by atoms with Gasteiger partial charge in [-0.2, -0.15) is 0 Å². The van der Waals surface area contributed by atoms with Crippen LogP contribution in [0.1, 0.15) is 96.2 Å². The molecule has 1 amide bonds. The smallest absolute Gasteiger partial charge is 0.329 e. The molecular formula is C30H43N3O5S3. The van der Waals surface area contributed by atoms with Crippen LogP contribution in [-0.4, -0.2) is 62.0 Å². The average Bonchev–Trinajstić information content (AvgIpc) is 3.56. The maximum absolute atomic E-state index is 13.3. The van der Waals surface area contributed by atoms with Crippen molar-refractivity contribution in [2.75, 3.05) is 11.5 Å². The summed E-state index contributed by atoms with van der Waals surface area (Å²) < 4.78 is 5.81. The van der Waals surface area contributed by atoms with Gasteiger partial charge in [0, 0.05) is 42.6 Å². The Balaban J connectivity index is 1.66. The summed E-state index contributed by atoms with van der Waals surface area (Å²) in [6, 6.07) is -0.876. The van der Waals surface area contributed by atoms with Gasteiger partial charge in [0.2, 0.25) is 5.91 Å². The Morgan fingerprint density at radius 1 is 1.22 bits per heavy atom. The third-order valence-corrected chi connectivity index (χ3v) is 10.2. The topological polar surface area (TPSA) is 115 Å². The number of thioether (sulfide) groups is 2. The van der Waals surface area contributed by atoms with Crippen LogP contribution in [0, 0.1) is 5.92 Å². The van der Waals surface area contributed by atoms with Crippen LogP contribution in [0.25, 0.3) is 0 Å². The minimum absolute atomic E-state index is 0.0331. The van der Waals surface area contributed by atoms with Gasteiger partial charge in [-0.15, -0.1) is 23.1 Å². The van der Waals surface area contributed by atoms with Crippen molar-refractivity contribution in [3.63, 3.8) is 0 Å². The molecule has 4 bridgehead atoms. The van der Waals surface area contributed by atoms with Crippen LogP contribution in [0.2, 0.25) is 0 Å². The van der Waals surface area contributed by atoms with Gasteiger partial charge in [-0.1, -0.05) is 64.3 Å². The predicted octanol–water partition coefficient (Wildman–Crippen LogP) is 5.92. The van der Waals surface area contributed by atoms with Crippen LogP contribution >= 0.6 is 34.9 Å². The molecule has 11 heteroatoms. The van der Waals surface area contributed by atoms with Crippen molar-refractivity contribution < 1.29 is 23.9 Å². The number of aryl methyl sites for hydroxylation is 1. The maximum Gasteiger partial charge on any atom is 0.329 e. The molecule has 1 aromatic heterocycles. The minimum atomic E-state index is -1.02. The van der Waals surface area contributed by atoms with Crippen molar-refractivity contribution >= 4 is 62.7 Å². The van der Waals surface area contributed by atoms with E-state index in [2.05, 4.69) is 22.2 Å². The largest absolute Gasteiger partial charge is 0.456 e. The number of ketones is 1. The first-order valence-corrected chi connectivity index (χ1v) is 17.5. The lowest BCUT2D eigenvalue weighted by molar-refractivity contribution is -0.153. The van der Waals surface area contributed by atoms with Crippen molar-refractivity contribution in [3.8, 4) is 0 Å². The third-order valence-electron chi connectivity index (χ3n) is 7.00. The lowest BCUT2D eigenvalue weighted by Crippen LogP contribution is -2.53. The molecule has 3 rings (SSSR count). The molecule has 41 heavy (non-hydrogen) atoms. The number of cyclic esters (lactones) is 1. The van der Waals surface area contributed by atoms with Crippen molar-refractivity contribution in [1.82, 2.24) is 10.3 Å². The fraction of sp³-hybridized carbons (Fsp3) is 0.667. The fourth-order valence-corrected chi connectivity index (χ4v) is 7.20. The molecule has 226 valence electrons. The van der Waals surface area contributed by atoms with E-state index in [0.29, 0.717) is 42.2 Å². The molecule has 0 aliphatic carbocycles. The molecule has 1 unspecified atom stereocenters. The lowest BCUT2D eigenvalue weighted by Gasteiger charge is -2.27. The second-order valence-corrected chi connectivity index (χ2v) is 14.2. The maximum atomic E-state index is 13.3. The number of ether oxygens (including phenoxy) is 1. The van der Waals surface area contributed by atoms with E-state index in [1.807, 2.05) is 25.3 Å². The summed E-state index contributed by atoms with van der Waals surface area (Å²) in [5.74, 6) is -0.0873. The number of amides is 1. The molecule has 0 spiro atoms. The highest BCUT2D eigenvalue weighted by Gasteiger charge is 2.41. The first-order chi connectivity index (χ1) is 19.6. The molecule has 3 atom stereocenters. The monoisotopic (exact) mass is 621 g/mol. The van der Waals surface area contributed by atoms with Gasteiger partial charge in [-0.25, -0.2) is 9.78 Å². The van der Waals surface area contributed by atoms with E-state index in [1.54, 1.807) is 13.0 Å². The molecule has 8 nitrogen and oxygen atoms in total. The third kappa shape index (κ3) is 10.7. The molecular weight excluding hydrogens is 579 g/mol. The number of hydrogen-bond acceptors (Lipinski definition) is 10. The zero-order chi connectivity index (χ0) is 29.8. The normalized spacial score (nSPS) is 24.0. The van der Waals surface area contributed by atoms with Gasteiger partial charge in [0.05, 0.1) is 5.01 Å². The highest BCUT2D eigenvalue weighted by Crippen LogP contribution is 2.32. The highest BCUT2D eigenvalue weighted by atomic mass is 32.2. The standard InChI is InChI=1S/C30H43N3O5S3/c1-5-6-7-8-9-13-25(35)39-16-11-10-12-22-17-21(34)14-15-24-31-23(18-40-24)27-33-30(4,19-41-27)29(37)32-26(20(2)3)28(36)38-22/h10,12,18,20,22,26H,5-9,11,13-17,19H2,1-4H3,(H,32,37)/b12-10+/t22-,26?,30+/m0/s1. The Kier molecular flexibility index (Phi) is 13.6. The van der Waals surface area contributed by atoms with Gasteiger partial charge in [-0.05, 0) is 31.8 Å². The molecule has 1 N–H and O–H groups in total. The number of aromatic nitrogens is 1. The van der Waals surface area contributed by atoms with Gasteiger partial charge >= 0.3 is 5.97 Å². The quantitative estimate of drug-likeness (QED) is 0.184. The molecule has 2 aliphatic rings. The Bertz CT molecular complexity index is 1130. The molecule has 1 aromatic rings. The molecule has 0 saturated heterocycles. The number of Topliss-reactive ketones (excluding diaryl/α,β-unsaturated/α-hetero) is 1. The van der Waals surface area contributed by atoms with E-state index in [-0.39, 0.29) is 29.1 Å². The Labute approximate surface area is 256 Å². The van der Waals surface area contributed by atoms with Crippen molar-refractivity contribution in [2.45, 2.75) is 110 Å². The van der Waals surface area contributed by atoms with Crippen molar-refractivity contribution in [3.05, 3.63) is 28.2 Å². The predicted molar refractivity (Wildman–Crippen MR) is 169 cm³/mol. The van der Waals surface area contributed by atoms with Crippen molar-refractivity contribution in [1.29, 1.82) is 0 Å². The molecule has 2 aliphatic heterocycles. The summed E-state index contributed by atoms with van der Waals surface area (Å²) in [6.07, 6.45) is 10.5. The van der Waals surface area contributed by atoms with E-state index in [1.165, 1.54) is 54.1 Å². The van der Waals surface area contributed by atoms with Gasteiger partial charge in [0.1, 0.15) is 34.2 Å². The second kappa shape index (κ2) is 16.6. The van der Waals surface area contributed by atoms with Crippen LogP contribution in [0.5, 0.6) is 0 Å². The molecule has 0 aromatic carbocycles. The number of thiazole rings is 1. The molecule has 3 heterocycles. The van der Waals surface area contributed by atoms with Crippen LogP contribution in [-0.2, 0) is 30.3 Å². The lowest BCUT2D eigenvalue weighted by atomic mass is 10.00. The Hall–Kier alpha value is -1.98.